The van der Waals surface area contributed by atoms with Crippen molar-refractivity contribution in [3.05, 3.63) is 46.0 Å². The van der Waals surface area contributed by atoms with E-state index >= 15 is 0 Å². The largest absolute Gasteiger partial charge is 0.297 e. The Bertz CT molecular complexity index is 479. The molecule has 18 heavy (non-hydrogen) atoms. The molecule has 1 aliphatic heterocycles. The number of non-ortho nitro benzene ring substituents is 1. The van der Waals surface area contributed by atoms with Crippen molar-refractivity contribution in [2.24, 2.45) is 0 Å². The Morgan fingerprint density at radius 2 is 1.89 bits per heavy atom. The average molecular weight is 246 g/mol. The van der Waals surface area contributed by atoms with Gasteiger partial charge < -0.3 is 0 Å². The summed E-state index contributed by atoms with van der Waals surface area (Å²) in [5, 5.41) is 10.6. The first-order valence-corrected chi connectivity index (χ1v) is 6.16. The molecule has 1 aromatic rings. The van der Waals surface area contributed by atoms with E-state index in [2.05, 4.69) is 31.9 Å². The van der Waals surface area contributed by atoms with Crippen molar-refractivity contribution in [1.29, 1.82) is 0 Å². The Hall–Kier alpha value is -1.68. The van der Waals surface area contributed by atoms with E-state index in [4.69, 9.17) is 0 Å². The van der Waals surface area contributed by atoms with Crippen LogP contribution in [0.1, 0.15) is 25.8 Å². The van der Waals surface area contributed by atoms with E-state index in [1.54, 1.807) is 12.1 Å². The van der Waals surface area contributed by atoms with E-state index in [0.717, 1.165) is 12.0 Å². The van der Waals surface area contributed by atoms with Crippen molar-refractivity contribution in [1.82, 2.24) is 4.90 Å². The molecule has 2 unspecified atom stereocenters. The van der Waals surface area contributed by atoms with Crippen molar-refractivity contribution < 1.29 is 4.92 Å². The van der Waals surface area contributed by atoms with Crippen LogP contribution in [0.2, 0.25) is 0 Å². The number of nitro groups is 1. The minimum atomic E-state index is -0.363. The van der Waals surface area contributed by atoms with Crippen molar-refractivity contribution in [2.75, 3.05) is 7.05 Å². The van der Waals surface area contributed by atoms with Crippen LogP contribution in [0.25, 0.3) is 5.57 Å². The smallest absolute Gasteiger partial charge is 0.269 e. The molecule has 0 amide bonds. The van der Waals surface area contributed by atoms with Crippen molar-refractivity contribution in [3.8, 4) is 0 Å². The molecule has 0 N–H and O–H groups in total. The van der Waals surface area contributed by atoms with Gasteiger partial charge in [-0.3, -0.25) is 15.0 Å². The molecule has 0 spiro atoms. The Kier molecular flexibility index (Phi) is 3.48. The zero-order valence-corrected chi connectivity index (χ0v) is 11.0. The first-order chi connectivity index (χ1) is 8.49. The fraction of sp³-hybridized carbons (Fsp3) is 0.429. The maximum atomic E-state index is 10.6. The highest BCUT2D eigenvalue weighted by Gasteiger charge is 2.22. The van der Waals surface area contributed by atoms with Gasteiger partial charge in [0, 0.05) is 24.2 Å². The summed E-state index contributed by atoms with van der Waals surface area (Å²) in [6, 6.07) is 7.73. The number of rotatable bonds is 2. The lowest BCUT2D eigenvalue weighted by Crippen LogP contribution is -2.38. The van der Waals surface area contributed by atoms with Crippen molar-refractivity contribution in [3.63, 3.8) is 0 Å². The monoisotopic (exact) mass is 246 g/mol. The topological polar surface area (TPSA) is 46.4 Å². The molecule has 0 bridgehead atoms. The van der Waals surface area contributed by atoms with Crippen LogP contribution >= 0.6 is 0 Å². The van der Waals surface area contributed by atoms with Crippen LogP contribution in [0.3, 0.4) is 0 Å². The standard InChI is InChI=1S/C14H18N2O2/c1-10-8-13(9-11(2)15(10)3)12-4-6-14(7-5-12)16(17)18/h4-8,10-11H,9H2,1-3H3. The molecule has 0 saturated heterocycles. The van der Waals surface area contributed by atoms with E-state index in [-0.39, 0.29) is 10.6 Å². The normalized spacial score (nSPS) is 24.7. The van der Waals surface area contributed by atoms with Gasteiger partial charge in [0.25, 0.3) is 5.69 Å². The molecule has 1 heterocycles. The maximum Gasteiger partial charge on any atom is 0.269 e. The van der Waals surface area contributed by atoms with Gasteiger partial charge in [0.15, 0.2) is 0 Å². The lowest BCUT2D eigenvalue weighted by molar-refractivity contribution is -0.384. The highest BCUT2D eigenvalue weighted by Crippen LogP contribution is 2.29. The maximum absolute atomic E-state index is 10.6. The van der Waals surface area contributed by atoms with Crippen LogP contribution in [0.5, 0.6) is 0 Å². The second kappa shape index (κ2) is 4.90. The third kappa shape index (κ3) is 2.43. The molecule has 4 nitrogen and oxygen atoms in total. The molecule has 96 valence electrons. The van der Waals surface area contributed by atoms with Crippen LogP contribution in [0.4, 0.5) is 5.69 Å². The Morgan fingerprint density at radius 1 is 1.28 bits per heavy atom. The first-order valence-electron chi connectivity index (χ1n) is 6.16. The molecule has 0 saturated carbocycles. The van der Waals surface area contributed by atoms with E-state index in [0.29, 0.717) is 12.1 Å². The SMILES string of the molecule is CC1C=C(c2ccc([N+](=O)[O-])cc2)CC(C)N1C. The van der Waals surface area contributed by atoms with Gasteiger partial charge in [-0.05, 0) is 50.6 Å². The molecule has 0 aromatic heterocycles. The number of hydrogen-bond donors (Lipinski definition) is 0. The summed E-state index contributed by atoms with van der Waals surface area (Å²) in [4.78, 5) is 12.6. The molecule has 0 fully saturated rings. The minimum absolute atomic E-state index is 0.147. The number of benzene rings is 1. The second-order valence-electron chi connectivity index (χ2n) is 4.96. The van der Waals surface area contributed by atoms with Gasteiger partial charge in [-0.2, -0.15) is 0 Å². The third-order valence-corrected chi connectivity index (χ3v) is 3.74. The predicted molar refractivity (Wildman–Crippen MR) is 72.4 cm³/mol. The van der Waals surface area contributed by atoms with Crippen LogP contribution in [-0.2, 0) is 0 Å². The molecule has 1 aromatic carbocycles. The van der Waals surface area contributed by atoms with E-state index in [1.807, 2.05) is 12.1 Å². The van der Waals surface area contributed by atoms with Crippen LogP contribution in [0, 0.1) is 10.1 Å². The van der Waals surface area contributed by atoms with E-state index in [1.165, 1.54) is 5.57 Å². The molecule has 0 radical (unpaired) electrons. The zero-order valence-electron chi connectivity index (χ0n) is 11.0. The second-order valence-corrected chi connectivity index (χ2v) is 4.96. The third-order valence-electron chi connectivity index (χ3n) is 3.74. The van der Waals surface area contributed by atoms with Gasteiger partial charge in [-0.1, -0.05) is 6.08 Å². The Morgan fingerprint density at radius 3 is 2.39 bits per heavy atom. The summed E-state index contributed by atoms with van der Waals surface area (Å²) >= 11 is 0. The summed E-state index contributed by atoms with van der Waals surface area (Å²) in [6.07, 6.45) is 3.22. The van der Waals surface area contributed by atoms with Gasteiger partial charge in [-0.25, -0.2) is 0 Å². The lowest BCUT2D eigenvalue weighted by atomic mass is 9.92. The zero-order chi connectivity index (χ0) is 13.3. The predicted octanol–water partition coefficient (Wildman–Crippen LogP) is 3.09. The fourth-order valence-electron chi connectivity index (χ4n) is 2.35. The van der Waals surface area contributed by atoms with Gasteiger partial charge >= 0.3 is 0 Å². The Balaban J connectivity index is 2.27. The minimum Gasteiger partial charge on any atom is -0.297 e. The quantitative estimate of drug-likeness (QED) is 0.595. The van der Waals surface area contributed by atoms with Crippen LogP contribution < -0.4 is 0 Å². The van der Waals surface area contributed by atoms with Gasteiger partial charge in [0.2, 0.25) is 0 Å². The summed E-state index contributed by atoms with van der Waals surface area (Å²) < 4.78 is 0. The molecular formula is C14H18N2O2. The summed E-state index contributed by atoms with van der Waals surface area (Å²) in [7, 11) is 2.12. The van der Waals surface area contributed by atoms with E-state index in [9.17, 15) is 10.1 Å². The summed E-state index contributed by atoms with van der Waals surface area (Å²) in [5.41, 5.74) is 2.52. The lowest BCUT2D eigenvalue weighted by Gasteiger charge is -2.35. The first kappa shape index (κ1) is 12.8. The number of nitro benzene ring substituents is 1. The number of hydrogen-bond acceptors (Lipinski definition) is 3. The van der Waals surface area contributed by atoms with Crippen LogP contribution in [0.15, 0.2) is 30.3 Å². The number of likely N-dealkylation sites (N-methyl/N-ethyl adjacent to an activating group) is 1. The van der Waals surface area contributed by atoms with E-state index < -0.39 is 0 Å². The molecule has 4 heteroatoms. The summed E-state index contributed by atoms with van der Waals surface area (Å²) in [5.74, 6) is 0. The fourth-order valence-corrected chi connectivity index (χ4v) is 2.35. The van der Waals surface area contributed by atoms with Gasteiger partial charge in [0.05, 0.1) is 4.92 Å². The molecule has 0 aliphatic carbocycles. The van der Waals surface area contributed by atoms with Crippen molar-refractivity contribution in [2.45, 2.75) is 32.4 Å². The molecular weight excluding hydrogens is 228 g/mol. The van der Waals surface area contributed by atoms with Crippen molar-refractivity contribution >= 4 is 11.3 Å². The molecule has 1 aliphatic rings. The average Bonchev–Trinajstić information content (AvgIpc) is 2.35. The molecule has 2 atom stereocenters. The Labute approximate surface area is 107 Å². The highest BCUT2D eigenvalue weighted by molar-refractivity contribution is 5.68. The van der Waals surface area contributed by atoms with Crippen LogP contribution in [-0.4, -0.2) is 29.0 Å². The van der Waals surface area contributed by atoms with Gasteiger partial charge in [0.1, 0.15) is 0 Å². The summed E-state index contributed by atoms with van der Waals surface area (Å²) in [6.45, 7) is 4.37. The molecule has 2 rings (SSSR count). The van der Waals surface area contributed by atoms with Gasteiger partial charge in [-0.15, -0.1) is 0 Å². The highest BCUT2D eigenvalue weighted by atomic mass is 16.6. The number of nitrogens with zero attached hydrogens (tertiary/aromatic N) is 2.